The molecular formula is C16H18N4O2. The minimum absolute atomic E-state index is 0.226. The molecule has 1 amide bonds. The Balaban J connectivity index is 1.38. The van der Waals surface area contributed by atoms with E-state index in [0.29, 0.717) is 31.4 Å². The van der Waals surface area contributed by atoms with Crippen LogP contribution in [0.4, 0.5) is 0 Å². The molecule has 0 bridgehead atoms. The first kappa shape index (κ1) is 14.5. The third-order valence-corrected chi connectivity index (χ3v) is 4.21. The smallest absolute Gasteiger partial charge is 0.232 e. The Morgan fingerprint density at radius 2 is 2.32 bits per heavy atom. The number of rotatable bonds is 6. The molecule has 1 aromatic heterocycles. The first-order valence-electron chi connectivity index (χ1n) is 7.48. The molecule has 2 unspecified atom stereocenters. The number of amides is 1. The van der Waals surface area contributed by atoms with E-state index in [1.54, 1.807) is 0 Å². The summed E-state index contributed by atoms with van der Waals surface area (Å²) in [4.78, 5) is 22.0. The summed E-state index contributed by atoms with van der Waals surface area (Å²) in [5, 5.41) is 8.64. The van der Waals surface area contributed by atoms with Crippen LogP contribution in [0, 0.1) is 17.2 Å². The van der Waals surface area contributed by atoms with E-state index in [1.807, 2.05) is 11.0 Å². The summed E-state index contributed by atoms with van der Waals surface area (Å²) in [7, 11) is 0. The fourth-order valence-electron chi connectivity index (χ4n) is 2.83. The maximum atomic E-state index is 12.1. The van der Waals surface area contributed by atoms with E-state index < -0.39 is 0 Å². The third kappa shape index (κ3) is 3.25. The van der Waals surface area contributed by atoms with Crippen LogP contribution in [0.3, 0.4) is 0 Å². The van der Waals surface area contributed by atoms with Gasteiger partial charge in [0.2, 0.25) is 11.8 Å². The number of carbonyl (C=O) groups is 1. The van der Waals surface area contributed by atoms with Crippen LogP contribution in [0.25, 0.3) is 0 Å². The number of fused-ring (bicyclic) bond motifs is 1. The van der Waals surface area contributed by atoms with E-state index in [-0.39, 0.29) is 11.6 Å². The number of hydrogen-bond acceptors (Lipinski definition) is 5. The highest BCUT2D eigenvalue weighted by Crippen LogP contribution is 2.44. The summed E-state index contributed by atoms with van der Waals surface area (Å²) in [6.07, 6.45) is 6.24. The van der Waals surface area contributed by atoms with Crippen molar-refractivity contribution in [2.24, 2.45) is 5.92 Å². The Morgan fingerprint density at radius 3 is 2.91 bits per heavy atom. The van der Waals surface area contributed by atoms with Gasteiger partial charge in [0.05, 0.1) is 12.4 Å². The van der Waals surface area contributed by atoms with Crippen molar-refractivity contribution < 1.29 is 9.53 Å². The molecule has 2 aliphatic rings. The lowest BCUT2D eigenvalue weighted by Crippen LogP contribution is -2.30. The standard InChI is InChI=1S/C16H18N4O2/c1-11(10-22-15-9-18-13(7-17)8-19-15)2-3-16(21)20-5-4-12-6-14(12)20/h8-9,12,14H,1-6,10H2. The Morgan fingerprint density at radius 1 is 1.45 bits per heavy atom. The summed E-state index contributed by atoms with van der Waals surface area (Å²) in [6, 6.07) is 2.42. The van der Waals surface area contributed by atoms with Crippen LogP contribution in [-0.4, -0.2) is 40.0 Å². The molecule has 0 spiro atoms. The van der Waals surface area contributed by atoms with Crippen molar-refractivity contribution in [1.82, 2.24) is 14.9 Å². The predicted molar refractivity (Wildman–Crippen MR) is 78.8 cm³/mol. The second-order valence-corrected chi connectivity index (χ2v) is 5.83. The SMILES string of the molecule is C=C(CCC(=O)N1CCC2CC21)COc1cnc(C#N)cn1. The lowest BCUT2D eigenvalue weighted by Gasteiger charge is -2.18. The van der Waals surface area contributed by atoms with Crippen LogP contribution < -0.4 is 4.74 Å². The van der Waals surface area contributed by atoms with Crippen molar-refractivity contribution in [3.8, 4) is 11.9 Å². The first-order valence-corrected chi connectivity index (χ1v) is 7.48. The van der Waals surface area contributed by atoms with Gasteiger partial charge in [-0.05, 0) is 30.8 Å². The van der Waals surface area contributed by atoms with E-state index in [1.165, 1.54) is 18.8 Å². The van der Waals surface area contributed by atoms with Gasteiger partial charge < -0.3 is 9.64 Å². The monoisotopic (exact) mass is 298 g/mol. The maximum absolute atomic E-state index is 12.1. The molecule has 22 heavy (non-hydrogen) atoms. The molecule has 1 aromatic rings. The average molecular weight is 298 g/mol. The van der Waals surface area contributed by atoms with E-state index in [4.69, 9.17) is 10.00 Å². The van der Waals surface area contributed by atoms with E-state index in [2.05, 4.69) is 16.5 Å². The Labute approximate surface area is 129 Å². The highest BCUT2D eigenvalue weighted by atomic mass is 16.5. The molecule has 2 atom stereocenters. The topological polar surface area (TPSA) is 79.1 Å². The van der Waals surface area contributed by atoms with Crippen LogP contribution in [0.1, 0.15) is 31.4 Å². The van der Waals surface area contributed by atoms with Crippen LogP contribution in [0.5, 0.6) is 5.88 Å². The van der Waals surface area contributed by atoms with Gasteiger partial charge in [-0.3, -0.25) is 4.79 Å². The van der Waals surface area contributed by atoms with Gasteiger partial charge in [-0.1, -0.05) is 6.58 Å². The molecule has 2 fully saturated rings. The molecule has 3 rings (SSSR count). The molecule has 0 aromatic carbocycles. The van der Waals surface area contributed by atoms with Gasteiger partial charge in [0, 0.05) is 19.0 Å². The zero-order chi connectivity index (χ0) is 15.5. The van der Waals surface area contributed by atoms with E-state index >= 15 is 0 Å². The molecule has 0 radical (unpaired) electrons. The molecule has 0 N–H and O–H groups in total. The lowest BCUT2D eigenvalue weighted by atomic mass is 10.1. The fourth-order valence-corrected chi connectivity index (χ4v) is 2.83. The number of nitriles is 1. The number of nitrogens with zero attached hydrogens (tertiary/aromatic N) is 4. The quantitative estimate of drug-likeness (QED) is 0.747. The molecular weight excluding hydrogens is 280 g/mol. The second-order valence-electron chi connectivity index (χ2n) is 5.83. The van der Waals surface area contributed by atoms with Crippen LogP contribution in [0.2, 0.25) is 0 Å². The zero-order valence-corrected chi connectivity index (χ0v) is 12.4. The lowest BCUT2D eigenvalue weighted by molar-refractivity contribution is -0.131. The highest BCUT2D eigenvalue weighted by Gasteiger charge is 2.48. The van der Waals surface area contributed by atoms with Gasteiger partial charge in [-0.15, -0.1) is 0 Å². The highest BCUT2D eigenvalue weighted by molar-refractivity contribution is 5.77. The average Bonchev–Trinajstić information content (AvgIpc) is 3.21. The molecule has 114 valence electrons. The summed E-state index contributed by atoms with van der Waals surface area (Å²) >= 11 is 0. The van der Waals surface area contributed by atoms with Crippen molar-refractivity contribution >= 4 is 5.91 Å². The molecule has 1 saturated heterocycles. The number of aromatic nitrogens is 2. The predicted octanol–water partition coefficient (Wildman–Crippen LogP) is 1.68. The van der Waals surface area contributed by atoms with Crippen LogP contribution in [-0.2, 0) is 4.79 Å². The van der Waals surface area contributed by atoms with Gasteiger partial charge in [-0.25, -0.2) is 9.97 Å². The van der Waals surface area contributed by atoms with Crippen molar-refractivity contribution in [3.05, 3.63) is 30.2 Å². The third-order valence-electron chi connectivity index (χ3n) is 4.21. The molecule has 6 nitrogen and oxygen atoms in total. The molecule has 1 saturated carbocycles. The van der Waals surface area contributed by atoms with Gasteiger partial charge in [0.15, 0.2) is 5.69 Å². The molecule has 2 heterocycles. The largest absolute Gasteiger partial charge is 0.472 e. The number of carbonyl (C=O) groups excluding carboxylic acids is 1. The van der Waals surface area contributed by atoms with Gasteiger partial charge in [-0.2, -0.15) is 5.26 Å². The van der Waals surface area contributed by atoms with Gasteiger partial charge >= 0.3 is 0 Å². The Bertz CT molecular complexity index is 620. The van der Waals surface area contributed by atoms with E-state index in [9.17, 15) is 4.79 Å². The van der Waals surface area contributed by atoms with Gasteiger partial charge in [0.1, 0.15) is 12.7 Å². The minimum atomic E-state index is 0.226. The Hall–Kier alpha value is -2.42. The summed E-state index contributed by atoms with van der Waals surface area (Å²) in [5.41, 5.74) is 1.10. The zero-order valence-electron chi connectivity index (χ0n) is 12.4. The normalized spacial score (nSPS) is 21.9. The van der Waals surface area contributed by atoms with Crippen molar-refractivity contribution in [3.63, 3.8) is 0 Å². The number of ether oxygens (including phenoxy) is 1. The van der Waals surface area contributed by atoms with Crippen molar-refractivity contribution in [2.45, 2.75) is 31.7 Å². The number of piperidine rings is 1. The molecule has 1 aliphatic carbocycles. The van der Waals surface area contributed by atoms with Crippen molar-refractivity contribution in [1.29, 1.82) is 5.26 Å². The Kier molecular flexibility index (Phi) is 4.05. The van der Waals surface area contributed by atoms with Gasteiger partial charge in [0.25, 0.3) is 0 Å². The summed E-state index contributed by atoms with van der Waals surface area (Å²) in [5.74, 6) is 1.35. The second kappa shape index (κ2) is 6.14. The van der Waals surface area contributed by atoms with Crippen LogP contribution in [0.15, 0.2) is 24.5 Å². The first-order chi connectivity index (χ1) is 10.7. The number of hydrogen-bond donors (Lipinski definition) is 0. The molecule has 6 heteroatoms. The van der Waals surface area contributed by atoms with Crippen LogP contribution >= 0.6 is 0 Å². The van der Waals surface area contributed by atoms with Crippen molar-refractivity contribution in [2.75, 3.05) is 13.2 Å². The summed E-state index contributed by atoms with van der Waals surface area (Å²) in [6.45, 7) is 5.16. The fraction of sp³-hybridized carbons (Fsp3) is 0.500. The maximum Gasteiger partial charge on any atom is 0.232 e. The number of likely N-dealkylation sites (tertiary alicyclic amines) is 1. The summed E-state index contributed by atoms with van der Waals surface area (Å²) < 4.78 is 5.45. The molecule has 1 aliphatic heterocycles. The minimum Gasteiger partial charge on any atom is -0.472 e. The van der Waals surface area contributed by atoms with E-state index in [0.717, 1.165) is 24.5 Å².